The highest BCUT2D eigenvalue weighted by Crippen LogP contribution is 2.24. The van der Waals surface area contributed by atoms with E-state index in [1.807, 2.05) is 5.32 Å². The number of benzene rings is 1. The lowest BCUT2D eigenvalue weighted by Gasteiger charge is -2.25. The number of hydrogen-bond donors (Lipinski definition) is 2. The fourth-order valence-corrected chi connectivity index (χ4v) is 2.27. The van der Waals surface area contributed by atoms with Gasteiger partial charge in [0.15, 0.2) is 0 Å². The lowest BCUT2D eigenvalue weighted by atomic mass is 10.1. The molecule has 7 heteroatoms. The van der Waals surface area contributed by atoms with Gasteiger partial charge in [-0.15, -0.1) is 0 Å². The number of aliphatic hydroxyl groups is 1. The SMILES string of the molecule is O=C(N[C@H](Cc1ccccc1)C(F)(F)F)N1CC[C@H](O)C1. The highest BCUT2D eigenvalue weighted by atomic mass is 19.4. The summed E-state index contributed by atoms with van der Waals surface area (Å²) in [7, 11) is 0. The Labute approximate surface area is 120 Å². The summed E-state index contributed by atoms with van der Waals surface area (Å²) in [5.74, 6) is 0. The number of halogens is 3. The largest absolute Gasteiger partial charge is 0.408 e. The van der Waals surface area contributed by atoms with Crippen molar-refractivity contribution in [2.75, 3.05) is 13.1 Å². The second-order valence-electron chi connectivity index (χ2n) is 5.12. The summed E-state index contributed by atoms with van der Waals surface area (Å²) in [5.41, 5.74) is 0.501. The third kappa shape index (κ3) is 4.35. The summed E-state index contributed by atoms with van der Waals surface area (Å²) >= 11 is 0. The monoisotopic (exact) mass is 302 g/mol. The first-order valence-electron chi connectivity index (χ1n) is 6.70. The maximum absolute atomic E-state index is 13.0. The lowest BCUT2D eigenvalue weighted by molar-refractivity contribution is -0.153. The summed E-state index contributed by atoms with van der Waals surface area (Å²) < 4.78 is 39.1. The number of carbonyl (C=O) groups excluding carboxylic acids is 1. The number of amides is 2. The Bertz CT molecular complexity index is 479. The molecule has 0 unspecified atom stereocenters. The van der Waals surface area contributed by atoms with Crippen molar-refractivity contribution < 1.29 is 23.1 Å². The van der Waals surface area contributed by atoms with Crippen LogP contribution >= 0.6 is 0 Å². The van der Waals surface area contributed by atoms with Gasteiger partial charge in [0.05, 0.1) is 6.10 Å². The van der Waals surface area contributed by atoms with Crippen LogP contribution in [0.5, 0.6) is 0 Å². The number of carbonyl (C=O) groups is 1. The number of hydrogen-bond acceptors (Lipinski definition) is 2. The average molecular weight is 302 g/mol. The van der Waals surface area contributed by atoms with Crippen LogP contribution in [-0.4, -0.2) is 47.4 Å². The predicted molar refractivity (Wildman–Crippen MR) is 70.7 cm³/mol. The van der Waals surface area contributed by atoms with E-state index >= 15 is 0 Å². The van der Waals surface area contributed by atoms with Crippen LogP contribution < -0.4 is 5.32 Å². The number of urea groups is 1. The molecule has 2 N–H and O–H groups in total. The van der Waals surface area contributed by atoms with Crippen molar-refractivity contribution in [1.82, 2.24) is 10.2 Å². The van der Waals surface area contributed by atoms with Gasteiger partial charge in [-0.3, -0.25) is 0 Å². The predicted octanol–water partition coefficient (Wildman–Crippen LogP) is 1.94. The van der Waals surface area contributed by atoms with Gasteiger partial charge in [-0.25, -0.2) is 4.79 Å². The number of rotatable bonds is 3. The fourth-order valence-electron chi connectivity index (χ4n) is 2.27. The zero-order valence-electron chi connectivity index (χ0n) is 11.3. The molecule has 2 amide bonds. The van der Waals surface area contributed by atoms with E-state index in [4.69, 9.17) is 0 Å². The third-order valence-electron chi connectivity index (χ3n) is 3.43. The first kappa shape index (κ1) is 15.6. The van der Waals surface area contributed by atoms with Gasteiger partial charge in [-0.05, 0) is 12.0 Å². The summed E-state index contributed by atoms with van der Waals surface area (Å²) in [6.07, 6.45) is -5.10. The van der Waals surface area contributed by atoms with E-state index in [2.05, 4.69) is 0 Å². The van der Waals surface area contributed by atoms with E-state index in [0.29, 0.717) is 12.0 Å². The molecular weight excluding hydrogens is 285 g/mol. The minimum Gasteiger partial charge on any atom is -0.391 e. The molecule has 0 radical (unpaired) electrons. The minimum atomic E-state index is -4.52. The van der Waals surface area contributed by atoms with Crippen molar-refractivity contribution in [3.63, 3.8) is 0 Å². The van der Waals surface area contributed by atoms with Crippen LogP contribution in [0.3, 0.4) is 0 Å². The molecule has 2 rings (SSSR count). The van der Waals surface area contributed by atoms with Gasteiger partial charge in [-0.2, -0.15) is 13.2 Å². The molecule has 1 aliphatic rings. The summed E-state index contributed by atoms with van der Waals surface area (Å²) in [6, 6.07) is 5.48. The van der Waals surface area contributed by atoms with Crippen LogP contribution in [0.25, 0.3) is 0 Å². The maximum Gasteiger partial charge on any atom is 0.408 e. The lowest BCUT2D eigenvalue weighted by Crippen LogP contribution is -2.51. The van der Waals surface area contributed by atoms with Crippen molar-refractivity contribution in [1.29, 1.82) is 0 Å². The van der Waals surface area contributed by atoms with Gasteiger partial charge in [-0.1, -0.05) is 30.3 Å². The Balaban J connectivity index is 2.02. The van der Waals surface area contributed by atoms with Crippen LogP contribution in [-0.2, 0) is 6.42 Å². The molecule has 0 bridgehead atoms. The number of alkyl halides is 3. The molecule has 1 aromatic rings. The van der Waals surface area contributed by atoms with Crippen LogP contribution in [0.4, 0.5) is 18.0 Å². The Morgan fingerprint density at radius 1 is 1.38 bits per heavy atom. The Morgan fingerprint density at radius 3 is 2.57 bits per heavy atom. The van der Waals surface area contributed by atoms with Gasteiger partial charge < -0.3 is 15.3 Å². The minimum absolute atomic E-state index is 0.0712. The van der Waals surface area contributed by atoms with Crippen LogP contribution in [0.1, 0.15) is 12.0 Å². The van der Waals surface area contributed by atoms with E-state index in [9.17, 15) is 23.1 Å². The molecule has 1 aliphatic heterocycles. The molecule has 1 aromatic carbocycles. The van der Waals surface area contributed by atoms with Crippen molar-refractivity contribution >= 4 is 6.03 Å². The number of likely N-dealkylation sites (tertiary alicyclic amines) is 1. The van der Waals surface area contributed by atoms with Crippen LogP contribution in [0.2, 0.25) is 0 Å². The van der Waals surface area contributed by atoms with E-state index < -0.39 is 24.4 Å². The molecule has 1 fully saturated rings. The standard InChI is InChI=1S/C14H17F3N2O2/c15-14(16,17)12(8-10-4-2-1-3-5-10)18-13(21)19-7-6-11(20)9-19/h1-5,11-12,20H,6-9H2,(H,18,21)/t11-,12+/m0/s1. The van der Waals surface area contributed by atoms with Crippen LogP contribution in [0, 0.1) is 0 Å². The summed E-state index contributed by atoms with van der Waals surface area (Å²) in [6.45, 7) is 0.338. The topological polar surface area (TPSA) is 52.6 Å². The molecular formula is C14H17F3N2O2. The van der Waals surface area contributed by atoms with Crippen molar-refractivity contribution in [3.05, 3.63) is 35.9 Å². The average Bonchev–Trinajstić information content (AvgIpc) is 2.85. The first-order chi connectivity index (χ1) is 9.86. The number of nitrogens with one attached hydrogen (secondary N) is 1. The summed E-state index contributed by atoms with van der Waals surface area (Å²) in [5, 5.41) is 11.4. The molecule has 0 saturated carbocycles. The number of β-amino-alcohol motifs (C(OH)–C–C–N with tert-alkyl or cyclic N) is 1. The van der Waals surface area contributed by atoms with Gasteiger partial charge in [0.2, 0.25) is 0 Å². The highest BCUT2D eigenvalue weighted by Gasteiger charge is 2.41. The van der Waals surface area contributed by atoms with Crippen molar-refractivity contribution in [2.24, 2.45) is 0 Å². The molecule has 2 atom stereocenters. The molecule has 4 nitrogen and oxygen atoms in total. The quantitative estimate of drug-likeness (QED) is 0.896. The number of nitrogens with zero attached hydrogens (tertiary/aromatic N) is 1. The molecule has 0 aromatic heterocycles. The fraction of sp³-hybridized carbons (Fsp3) is 0.500. The van der Waals surface area contributed by atoms with E-state index in [1.54, 1.807) is 30.3 Å². The van der Waals surface area contributed by atoms with Crippen molar-refractivity contribution in [3.8, 4) is 0 Å². The van der Waals surface area contributed by atoms with Gasteiger partial charge in [0, 0.05) is 19.5 Å². The Kier molecular flexibility index (Phi) is 4.72. The molecule has 21 heavy (non-hydrogen) atoms. The normalized spacial score (nSPS) is 20.4. The maximum atomic E-state index is 13.0. The zero-order chi connectivity index (χ0) is 15.5. The molecule has 1 heterocycles. The van der Waals surface area contributed by atoms with Gasteiger partial charge in [0.1, 0.15) is 6.04 Å². The van der Waals surface area contributed by atoms with Crippen LogP contribution in [0.15, 0.2) is 30.3 Å². The molecule has 1 saturated heterocycles. The second-order valence-corrected chi connectivity index (χ2v) is 5.12. The third-order valence-corrected chi connectivity index (χ3v) is 3.43. The van der Waals surface area contributed by atoms with Gasteiger partial charge >= 0.3 is 12.2 Å². The smallest absolute Gasteiger partial charge is 0.391 e. The summed E-state index contributed by atoms with van der Waals surface area (Å²) in [4.78, 5) is 13.0. The van der Waals surface area contributed by atoms with E-state index in [0.717, 1.165) is 0 Å². The van der Waals surface area contributed by atoms with E-state index in [-0.39, 0.29) is 19.5 Å². The first-order valence-corrected chi connectivity index (χ1v) is 6.70. The van der Waals surface area contributed by atoms with E-state index in [1.165, 1.54) is 4.90 Å². The zero-order valence-corrected chi connectivity index (χ0v) is 11.3. The Morgan fingerprint density at radius 2 is 2.05 bits per heavy atom. The molecule has 0 aliphatic carbocycles. The molecule has 116 valence electrons. The highest BCUT2D eigenvalue weighted by molar-refractivity contribution is 5.75. The van der Waals surface area contributed by atoms with Gasteiger partial charge in [0.25, 0.3) is 0 Å². The molecule has 0 spiro atoms. The Hall–Kier alpha value is -1.76. The number of aliphatic hydroxyl groups excluding tert-OH is 1. The van der Waals surface area contributed by atoms with Crippen molar-refractivity contribution in [2.45, 2.75) is 31.2 Å². The second kappa shape index (κ2) is 6.34.